The van der Waals surface area contributed by atoms with Gasteiger partial charge in [-0.25, -0.2) is 5.01 Å². The van der Waals surface area contributed by atoms with Gasteiger partial charge in [-0.3, -0.25) is 10.2 Å². The van der Waals surface area contributed by atoms with Crippen molar-refractivity contribution in [2.75, 3.05) is 13.1 Å². The predicted octanol–water partition coefficient (Wildman–Crippen LogP) is 0.927. The maximum Gasteiger partial charge on any atom is 0.325 e. The lowest BCUT2D eigenvalue weighted by Crippen LogP contribution is -2.53. The molecule has 2 rings (SSSR count). The first-order valence-corrected chi connectivity index (χ1v) is 5.70. The number of hydrogen-bond acceptors (Lipinski definition) is 4. The lowest BCUT2D eigenvalue weighted by molar-refractivity contribution is -0.164. The van der Waals surface area contributed by atoms with Gasteiger partial charge in [-0.1, -0.05) is 0 Å². The fourth-order valence-corrected chi connectivity index (χ4v) is 2.41. The summed E-state index contributed by atoms with van der Waals surface area (Å²) in [4.78, 5) is 12.0. The summed E-state index contributed by atoms with van der Waals surface area (Å²) in [6.07, 6.45) is 2.19. The minimum absolute atomic E-state index is 0.0574. The van der Waals surface area contributed by atoms with E-state index in [0.29, 0.717) is 5.92 Å². The molecule has 4 nitrogen and oxygen atoms in total. The molecule has 0 aliphatic carbocycles. The summed E-state index contributed by atoms with van der Waals surface area (Å²) in [5.41, 5.74) is 2.88. The van der Waals surface area contributed by atoms with Crippen LogP contribution < -0.4 is 5.43 Å². The summed E-state index contributed by atoms with van der Waals surface area (Å²) in [6.45, 7) is 7.70. The molecule has 0 aromatic carbocycles. The Morgan fingerprint density at radius 3 is 2.73 bits per heavy atom. The number of fused-ring (bicyclic) bond motifs is 2. The van der Waals surface area contributed by atoms with Gasteiger partial charge >= 0.3 is 5.97 Å². The second-order valence-electron chi connectivity index (χ2n) is 5.42. The molecule has 0 spiro atoms. The van der Waals surface area contributed by atoms with Crippen molar-refractivity contribution < 1.29 is 9.53 Å². The quantitative estimate of drug-likeness (QED) is 0.656. The molecule has 1 N–H and O–H groups in total. The third-order valence-corrected chi connectivity index (χ3v) is 3.00. The van der Waals surface area contributed by atoms with E-state index in [9.17, 15) is 4.79 Å². The van der Waals surface area contributed by atoms with Gasteiger partial charge in [0.25, 0.3) is 0 Å². The van der Waals surface area contributed by atoms with Crippen LogP contribution in [0.5, 0.6) is 0 Å². The molecular weight excluding hydrogens is 192 g/mol. The molecule has 86 valence electrons. The number of esters is 1. The second-order valence-corrected chi connectivity index (χ2v) is 5.42. The average Bonchev–Trinajstić information content (AvgIpc) is 2.34. The Balaban J connectivity index is 2.01. The van der Waals surface area contributed by atoms with Crippen molar-refractivity contribution in [3.05, 3.63) is 0 Å². The Bertz CT molecular complexity index is 244. The van der Waals surface area contributed by atoms with E-state index >= 15 is 0 Å². The Hall–Kier alpha value is -0.610. The molecule has 2 saturated heterocycles. The largest absolute Gasteiger partial charge is 0.459 e. The lowest BCUT2D eigenvalue weighted by Gasteiger charge is -2.33. The Kier molecular flexibility index (Phi) is 2.73. The van der Waals surface area contributed by atoms with Crippen molar-refractivity contribution in [2.45, 2.75) is 45.3 Å². The van der Waals surface area contributed by atoms with Crippen molar-refractivity contribution >= 4 is 5.97 Å². The van der Waals surface area contributed by atoms with Crippen LogP contribution in [0, 0.1) is 5.92 Å². The summed E-state index contributed by atoms with van der Waals surface area (Å²) in [5, 5.41) is 2.04. The molecule has 0 radical (unpaired) electrons. The van der Waals surface area contributed by atoms with Crippen LogP contribution in [0.3, 0.4) is 0 Å². The van der Waals surface area contributed by atoms with Crippen LogP contribution in [0.4, 0.5) is 0 Å². The third-order valence-electron chi connectivity index (χ3n) is 3.00. The van der Waals surface area contributed by atoms with Gasteiger partial charge in [0.15, 0.2) is 0 Å². The summed E-state index contributed by atoms with van der Waals surface area (Å²) < 4.78 is 5.44. The van der Waals surface area contributed by atoms with E-state index in [2.05, 4.69) is 5.43 Å². The van der Waals surface area contributed by atoms with Gasteiger partial charge in [-0.15, -0.1) is 0 Å². The Morgan fingerprint density at radius 2 is 2.13 bits per heavy atom. The van der Waals surface area contributed by atoms with Crippen molar-refractivity contribution in [1.29, 1.82) is 0 Å². The van der Waals surface area contributed by atoms with Crippen molar-refractivity contribution in [3.8, 4) is 0 Å². The average molecular weight is 212 g/mol. The number of ether oxygens (including phenoxy) is 1. The highest BCUT2D eigenvalue weighted by atomic mass is 16.6. The zero-order chi connectivity index (χ0) is 11.1. The van der Waals surface area contributed by atoms with Crippen LogP contribution in [-0.4, -0.2) is 35.7 Å². The topological polar surface area (TPSA) is 41.6 Å². The smallest absolute Gasteiger partial charge is 0.325 e. The number of hydrogen-bond donors (Lipinski definition) is 1. The molecule has 2 bridgehead atoms. The van der Waals surface area contributed by atoms with Crippen molar-refractivity contribution in [1.82, 2.24) is 10.4 Å². The maximum absolute atomic E-state index is 12.0. The van der Waals surface area contributed by atoms with Crippen LogP contribution >= 0.6 is 0 Å². The number of rotatable bonds is 1. The van der Waals surface area contributed by atoms with Gasteiger partial charge in [0.05, 0.1) is 0 Å². The predicted molar refractivity (Wildman–Crippen MR) is 57.1 cm³/mol. The zero-order valence-corrected chi connectivity index (χ0v) is 9.75. The summed E-state index contributed by atoms with van der Waals surface area (Å²) >= 11 is 0. The highest BCUT2D eigenvalue weighted by Gasteiger charge is 2.43. The summed E-state index contributed by atoms with van der Waals surface area (Å²) in [7, 11) is 0. The highest BCUT2D eigenvalue weighted by molar-refractivity contribution is 5.77. The first-order valence-electron chi connectivity index (χ1n) is 5.70. The molecule has 2 aliphatic rings. The number of nitrogens with one attached hydrogen (secondary N) is 1. The zero-order valence-electron chi connectivity index (χ0n) is 9.75. The first kappa shape index (κ1) is 10.9. The van der Waals surface area contributed by atoms with Crippen LogP contribution in [0.25, 0.3) is 0 Å². The molecule has 0 aromatic rings. The number of hydrazine groups is 1. The molecule has 2 heterocycles. The van der Waals surface area contributed by atoms with E-state index in [4.69, 9.17) is 4.74 Å². The molecule has 0 amide bonds. The van der Waals surface area contributed by atoms with Crippen LogP contribution in [-0.2, 0) is 9.53 Å². The van der Waals surface area contributed by atoms with E-state index in [1.54, 1.807) is 0 Å². The summed E-state index contributed by atoms with van der Waals surface area (Å²) in [6, 6.07) is -0.0574. The third kappa shape index (κ3) is 2.32. The molecule has 15 heavy (non-hydrogen) atoms. The molecule has 2 fully saturated rings. The minimum atomic E-state index is -0.380. The van der Waals surface area contributed by atoms with Crippen LogP contribution in [0.2, 0.25) is 0 Å². The fourth-order valence-electron chi connectivity index (χ4n) is 2.41. The van der Waals surface area contributed by atoms with Gasteiger partial charge in [-0.05, 0) is 39.5 Å². The van der Waals surface area contributed by atoms with Crippen molar-refractivity contribution in [3.63, 3.8) is 0 Å². The van der Waals surface area contributed by atoms with E-state index < -0.39 is 0 Å². The summed E-state index contributed by atoms with van der Waals surface area (Å²) in [5.74, 6) is 0.415. The van der Waals surface area contributed by atoms with Gasteiger partial charge in [0.1, 0.15) is 11.6 Å². The van der Waals surface area contributed by atoms with E-state index in [0.717, 1.165) is 25.9 Å². The SMILES string of the molecule is CC(C)(C)OC(=O)C1C2CCNN1CC2. The van der Waals surface area contributed by atoms with Crippen molar-refractivity contribution in [2.24, 2.45) is 5.92 Å². The van der Waals surface area contributed by atoms with Gasteiger partial charge in [0, 0.05) is 13.1 Å². The molecule has 0 saturated carbocycles. The fraction of sp³-hybridized carbons (Fsp3) is 0.909. The molecular formula is C11H20N2O2. The standard InChI is InChI=1S/C11H20N2O2/c1-11(2,3)15-10(14)9-8-4-6-12-13(9)7-5-8/h8-9,12H,4-7H2,1-3H3. The Morgan fingerprint density at radius 1 is 1.40 bits per heavy atom. The van der Waals surface area contributed by atoms with Gasteiger partial charge < -0.3 is 4.74 Å². The normalized spacial score (nSPS) is 35.3. The minimum Gasteiger partial charge on any atom is -0.459 e. The lowest BCUT2D eigenvalue weighted by atomic mass is 9.95. The van der Waals surface area contributed by atoms with E-state index in [1.165, 1.54) is 0 Å². The first-order chi connectivity index (χ1) is 6.97. The van der Waals surface area contributed by atoms with Gasteiger partial charge in [-0.2, -0.15) is 0 Å². The van der Waals surface area contributed by atoms with Crippen LogP contribution in [0.15, 0.2) is 0 Å². The van der Waals surface area contributed by atoms with Gasteiger partial charge in [0.2, 0.25) is 0 Å². The number of carbonyl (C=O) groups is 1. The maximum atomic E-state index is 12.0. The highest BCUT2D eigenvalue weighted by Crippen LogP contribution is 2.30. The molecule has 4 heteroatoms. The molecule has 3 atom stereocenters. The van der Waals surface area contributed by atoms with E-state index in [1.807, 2.05) is 25.8 Å². The molecule has 0 aromatic heterocycles. The van der Waals surface area contributed by atoms with Crippen LogP contribution in [0.1, 0.15) is 33.6 Å². The number of carbonyl (C=O) groups excluding carboxylic acids is 1. The second kappa shape index (κ2) is 3.76. The number of nitrogens with zero attached hydrogens (tertiary/aromatic N) is 1. The molecule has 3 unspecified atom stereocenters. The Labute approximate surface area is 90.9 Å². The monoisotopic (exact) mass is 212 g/mol. The molecule has 2 aliphatic heterocycles. The van der Waals surface area contributed by atoms with E-state index in [-0.39, 0.29) is 17.6 Å².